The number of carbonyl (C=O) groups excluding carboxylic acids is 1. The quantitative estimate of drug-likeness (QED) is 0.657. The largest absolute Gasteiger partial charge is 0.573 e. The van der Waals surface area contributed by atoms with Crippen molar-refractivity contribution in [1.82, 2.24) is 9.80 Å². The highest BCUT2D eigenvalue weighted by atomic mass is 19.4. The Hall–Kier alpha value is -2.56. The lowest BCUT2D eigenvalue weighted by Gasteiger charge is -2.27. The van der Waals surface area contributed by atoms with Gasteiger partial charge in [-0.15, -0.1) is 13.2 Å². The third kappa shape index (κ3) is 6.98. The maximum atomic E-state index is 12.7. The van der Waals surface area contributed by atoms with Gasteiger partial charge in [-0.05, 0) is 43.7 Å². The fourth-order valence-electron chi connectivity index (χ4n) is 3.55. The van der Waals surface area contributed by atoms with E-state index in [9.17, 15) is 23.1 Å². The molecule has 0 saturated carbocycles. The molecular weight excluding hydrogens is 429 g/mol. The number of amides is 1. The minimum Gasteiger partial charge on any atom is -0.462 e. The minimum absolute atomic E-state index is 0.00282. The number of carbonyl (C=O) groups is 1. The molecule has 7 nitrogen and oxygen atoms in total. The number of hydrogen-bond acceptors (Lipinski definition) is 6. The molecule has 1 aliphatic heterocycles. The second-order valence-corrected chi connectivity index (χ2v) is 7.96. The molecule has 1 unspecified atom stereocenters. The molecule has 1 aliphatic rings. The molecule has 2 heterocycles. The maximum Gasteiger partial charge on any atom is 0.573 e. The van der Waals surface area contributed by atoms with E-state index >= 15 is 0 Å². The number of hydrogen-bond donors (Lipinski definition) is 1. The number of aliphatic hydroxyl groups is 1. The molecule has 1 aromatic heterocycles. The Bertz CT molecular complexity index is 882. The Morgan fingerprint density at radius 2 is 1.81 bits per heavy atom. The van der Waals surface area contributed by atoms with Crippen molar-refractivity contribution in [2.24, 2.45) is 0 Å². The standard InChI is InChI=1S/C22H27F3N2O5/c1-15(2)27-11-20(30-14-16-3-5-17(6-4-16)32-22(23,24)25)10-26(12-21(27)29)9-18-7-8-19(13-28)31-18/h3-8,15,20,28H,9-14H2,1-2H3. The van der Waals surface area contributed by atoms with Crippen LogP contribution in [0, 0.1) is 0 Å². The van der Waals surface area contributed by atoms with Gasteiger partial charge < -0.3 is 23.9 Å². The predicted molar refractivity (Wildman–Crippen MR) is 108 cm³/mol. The third-order valence-electron chi connectivity index (χ3n) is 5.06. The summed E-state index contributed by atoms with van der Waals surface area (Å²) in [5.41, 5.74) is 0.691. The van der Waals surface area contributed by atoms with Crippen molar-refractivity contribution < 1.29 is 37.0 Å². The van der Waals surface area contributed by atoms with Crippen LogP contribution < -0.4 is 4.74 Å². The first-order valence-corrected chi connectivity index (χ1v) is 10.3. The van der Waals surface area contributed by atoms with Crippen LogP contribution in [0.15, 0.2) is 40.8 Å². The molecule has 1 saturated heterocycles. The predicted octanol–water partition coefficient (Wildman–Crippen LogP) is 3.31. The van der Waals surface area contributed by atoms with Gasteiger partial charge in [0.15, 0.2) is 0 Å². The average Bonchev–Trinajstić information content (AvgIpc) is 3.10. The summed E-state index contributed by atoms with van der Waals surface area (Å²) in [6, 6.07) is 8.96. The number of benzene rings is 1. The molecule has 1 aromatic carbocycles. The van der Waals surface area contributed by atoms with Crippen molar-refractivity contribution in [2.45, 2.75) is 52.1 Å². The number of furan rings is 1. The molecule has 0 aliphatic carbocycles. The first-order valence-electron chi connectivity index (χ1n) is 10.3. The molecule has 1 fully saturated rings. The Morgan fingerprint density at radius 1 is 1.12 bits per heavy atom. The van der Waals surface area contributed by atoms with Gasteiger partial charge in [0.05, 0.1) is 25.8 Å². The second kappa shape index (κ2) is 10.4. The molecule has 3 rings (SSSR count). The summed E-state index contributed by atoms with van der Waals surface area (Å²) in [4.78, 5) is 16.4. The van der Waals surface area contributed by atoms with Crippen LogP contribution in [0.2, 0.25) is 0 Å². The summed E-state index contributed by atoms with van der Waals surface area (Å²) in [7, 11) is 0. The van der Waals surface area contributed by atoms with Gasteiger partial charge in [0.1, 0.15) is 23.9 Å². The minimum atomic E-state index is -4.74. The summed E-state index contributed by atoms with van der Waals surface area (Å²) in [5, 5.41) is 9.18. The van der Waals surface area contributed by atoms with Crippen LogP contribution in [0.5, 0.6) is 5.75 Å². The van der Waals surface area contributed by atoms with E-state index in [1.807, 2.05) is 18.7 Å². The lowest BCUT2D eigenvalue weighted by molar-refractivity contribution is -0.274. The number of alkyl halides is 3. The van der Waals surface area contributed by atoms with Crippen LogP contribution in [0.1, 0.15) is 30.9 Å². The van der Waals surface area contributed by atoms with Gasteiger partial charge in [-0.1, -0.05) is 12.1 Å². The van der Waals surface area contributed by atoms with Crippen molar-refractivity contribution in [2.75, 3.05) is 19.6 Å². The normalized spacial score (nSPS) is 18.3. The molecule has 0 bridgehead atoms. The van der Waals surface area contributed by atoms with E-state index < -0.39 is 6.36 Å². The fourth-order valence-corrected chi connectivity index (χ4v) is 3.55. The molecule has 1 atom stereocenters. The second-order valence-electron chi connectivity index (χ2n) is 7.96. The highest BCUT2D eigenvalue weighted by molar-refractivity contribution is 5.78. The van der Waals surface area contributed by atoms with Gasteiger partial charge >= 0.3 is 6.36 Å². The van der Waals surface area contributed by atoms with E-state index in [0.717, 1.165) is 0 Å². The van der Waals surface area contributed by atoms with E-state index in [0.29, 0.717) is 36.7 Å². The van der Waals surface area contributed by atoms with Crippen molar-refractivity contribution in [1.29, 1.82) is 0 Å². The van der Waals surface area contributed by atoms with Gasteiger partial charge in [0.25, 0.3) is 0 Å². The summed E-state index contributed by atoms with van der Waals surface area (Å²) in [6.45, 7) is 5.33. The fraction of sp³-hybridized carbons (Fsp3) is 0.500. The van der Waals surface area contributed by atoms with E-state index in [4.69, 9.17) is 9.15 Å². The number of nitrogens with zero attached hydrogens (tertiary/aromatic N) is 2. The van der Waals surface area contributed by atoms with Crippen molar-refractivity contribution in [3.05, 3.63) is 53.5 Å². The Balaban J connectivity index is 1.65. The van der Waals surface area contributed by atoms with E-state index in [1.54, 1.807) is 17.0 Å². The van der Waals surface area contributed by atoms with Crippen LogP contribution in [0.4, 0.5) is 13.2 Å². The Kier molecular flexibility index (Phi) is 7.81. The number of aliphatic hydroxyl groups excluding tert-OH is 1. The summed E-state index contributed by atoms with van der Waals surface area (Å²) >= 11 is 0. The third-order valence-corrected chi connectivity index (χ3v) is 5.06. The smallest absolute Gasteiger partial charge is 0.462 e. The Labute approximate surface area is 184 Å². The average molecular weight is 456 g/mol. The van der Waals surface area contributed by atoms with Crippen molar-refractivity contribution in [3.63, 3.8) is 0 Å². The van der Waals surface area contributed by atoms with Crippen LogP contribution >= 0.6 is 0 Å². The van der Waals surface area contributed by atoms with Crippen LogP contribution in [-0.2, 0) is 29.3 Å². The van der Waals surface area contributed by atoms with Gasteiger partial charge in [-0.2, -0.15) is 0 Å². The highest BCUT2D eigenvalue weighted by Gasteiger charge is 2.31. The van der Waals surface area contributed by atoms with Crippen LogP contribution in [0.25, 0.3) is 0 Å². The molecule has 176 valence electrons. The Morgan fingerprint density at radius 3 is 2.41 bits per heavy atom. The molecule has 10 heteroatoms. The molecule has 2 aromatic rings. The lowest BCUT2D eigenvalue weighted by atomic mass is 10.2. The molecule has 0 spiro atoms. The monoisotopic (exact) mass is 456 g/mol. The van der Waals surface area contributed by atoms with Gasteiger partial charge in [0.2, 0.25) is 5.91 Å². The molecule has 32 heavy (non-hydrogen) atoms. The zero-order chi connectivity index (χ0) is 23.3. The van der Waals surface area contributed by atoms with Crippen molar-refractivity contribution in [3.8, 4) is 5.75 Å². The number of rotatable bonds is 8. The zero-order valence-corrected chi connectivity index (χ0v) is 18.0. The zero-order valence-electron chi connectivity index (χ0n) is 18.0. The summed E-state index contributed by atoms with van der Waals surface area (Å²) in [5.74, 6) is 0.780. The first kappa shape index (κ1) is 24.1. The molecule has 1 amide bonds. The van der Waals surface area contributed by atoms with E-state index in [2.05, 4.69) is 4.74 Å². The van der Waals surface area contributed by atoms with Crippen LogP contribution in [0.3, 0.4) is 0 Å². The number of halogens is 3. The van der Waals surface area contributed by atoms with Crippen molar-refractivity contribution >= 4 is 5.91 Å². The summed E-state index contributed by atoms with van der Waals surface area (Å²) in [6.07, 6.45) is -5.04. The topological polar surface area (TPSA) is 75.4 Å². The molecule has 1 N–H and O–H groups in total. The van der Waals surface area contributed by atoms with Crippen LogP contribution in [-0.4, -0.2) is 59.0 Å². The molecular formula is C22H27F3N2O5. The van der Waals surface area contributed by atoms with E-state index in [1.165, 1.54) is 24.3 Å². The van der Waals surface area contributed by atoms with Gasteiger partial charge in [0, 0.05) is 19.1 Å². The SMILES string of the molecule is CC(C)N1CC(OCc2ccc(OC(F)(F)F)cc2)CN(Cc2ccc(CO)o2)CC1=O. The summed E-state index contributed by atoms with van der Waals surface area (Å²) < 4.78 is 52.4. The first-order chi connectivity index (χ1) is 15.1. The van der Waals surface area contributed by atoms with E-state index in [-0.39, 0.29) is 43.6 Å². The molecule has 0 radical (unpaired) electrons. The van der Waals surface area contributed by atoms with Gasteiger partial charge in [-0.25, -0.2) is 0 Å². The lowest BCUT2D eigenvalue weighted by Crippen LogP contribution is -2.42. The van der Waals surface area contributed by atoms with Gasteiger partial charge in [-0.3, -0.25) is 9.69 Å². The maximum absolute atomic E-state index is 12.7. The number of ether oxygens (including phenoxy) is 2. The highest BCUT2D eigenvalue weighted by Crippen LogP contribution is 2.23.